The van der Waals surface area contributed by atoms with Gasteiger partial charge in [0.2, 0.25) is 0 Å². The average Bonchev–Trinajstić information content (AvgIpc) is 3.19. The Hall–Kier alpha value is -2.03. The van der Waals surface area contributed by atoms with E-state index >= 15 is 0 Å². The molecule has 1 atom stereocenters. The lowest BCUT2D eigenvalue weighted by Gasteiger charge is -2.17. The molecule has 28 heavy (non-hydrogen) atoms. The Kier molecular flexibility index (Phi) is 10.7. The number of halogens is 1. The van der Waals surface area contributed by atoms with E-state index in [-0.39, 0.29) is 29.9 Å². The number of benzene rings is 1. The van der Waals surface area contributed by atoms with Crippen molar-refractivity contribution in [2.75, 3.05) is 20.6 Å². The van der Waals surface area contributed by atoms with E-state index in [0.29, 0.717) is 18.2 Å². The van der Waals surface area contributed by atoms with Crippen LogP contribution >= 0.6 is 24.0 Å². The summed E-state index contributed by atoms with van der Waals surface area (Å²) < 4.78 is 5.36. The molecule has 1 amide bonds. The van der Waals surface area contributed by atoms with Crippen molar-refractivity contribution >= 4 is 35.8 Å². The Labute approximate surface area is 184 Å². The molecule has 0 saturated carbocycles. The molecule has 0 radical (unpaired) electrons. The number of amides is 1. The molecule has 0 aliphatic carbocycles. The summed E-state index contributed by atoms with van der Waals surface area (Å²) in [7, 11) is 3.50. The molecule has 1 aromatic carbocycles. The summed E-state index contributed by atoms with van der Waals surface area (Å²) in [6.45, 7) is 5.55. The molecule has 0 fully saturated rings. The van der Waals surface area contributed by atoms with E-state index in [1.54, 1.807) is 25.3 Å². The first-order valence-corrected chi connectivity index (χ1v) is 9.37. The largest absolute Gasteiger partial charge is 0.469 e. The minimum absolute atomic E-state index is 0. The molecular weight excluding hydrogens is 467 g/mol. The Morgan fingerprint density at radius 1 is 1.21 bits per heavy atom. The Balaban J connectivity index is 0.00000392. The smallest absolute Gasteiger partial charge is 0.253 e. The van der Waals surface area contributed by atoms with E-state index in [9.17, 15) is 4.79 Å². The first-order valence-electron chi connectivity index (χ1n) is 9.37. The molecule has 0 aliphatic heterocycles. The van der Waals surface area contributed by atoms with Crippen LogP contribution in [0.15, 0.2) is 52.1 Å². The molecule has 0 aliphatic rings. The number of furan rings is 1. The number of aliphatic imine (C=N–C) groups is 1. The first-order chi connectivity index (χ1) is 13.0. The molecular formula is C21H31IN4O2. The Morgan fingerprint density at radius 2 is 1.93 bits per heavy atom. The van der Waals surface area contributed by atoms with Gasteiger partial charge in [-0.15, -0.1) is 24.0 Å². The first kappa shape index (κ1) is 24.0. The second-order valence-electron chi connectivity index (χ2n) is 6.77. The monoisotopic (exact) mass is 498 g/mol. The topological polar surface area (TPSA) is 69.9 Å². The van der Waals surface area contributed by atoms with Crippen LogP contribution in [0.5, 0.6) is 0 Å². The summed E-state index contributed by atoms with van der Waals surface area (Å²) in [4.78, 5) is 18.2. The van der Waals surface area contributed by atoms with Gasteiger partial charge in [-0.25, -0.2) is 4.99 Å². The average molecular weight is 498 g/mol. The lowest BCUT2D eigenvalue weighted by Crippen LogP contribution is -2.42. The zero-order valence-electron chi connectivity index (χ0n) is 17.1. The number of nitrogens with one attached hydrogen (secondary N) is 2. The van der Waals surface area contributed by atoms with E-state index in [0.717, 1.165) is 36.7 Å². The molecule has 7 heteroatoms. The van der Waals surface area contributed by atoms with E-state index in [1.165, 1.54) is 0 Å². The Morgan fingerprint density at radius 3 is 2.50 bits per heavy atom. The second-order valence-corrected chi connectivity index (χ2v) is 6.77. The van der Waals surface area contributed by atoms with Crippen LogP contribution in [0.4, 0.5) is 0 Å². The number of carbonyl (C=O) groups is 1. The highest BCUT2D eigenvalue weighted by Crippen LogP contribution is 2.08. The summed E-state index contributed by atoms with van der Waals surface area (Å²) >= 11 is 0. The zero-order chi connectivity index (χ0) is 19.6. The number of carbonyl (C=O) groups excluding carboxylic acids is 1. The van der Waals surface area contributed by atoms with Gasteiger partial charge in [0.1, 0.15) is 5.76 Å². The number of rotatable bonds is 8. The third kappa shape index (κ3) is 7.92. The molecule has 6 nitrogen and oxygen atoms in total. The van der Waals surface area contributed by atoms with Gasteiger partial charge in [-0.1, -0.05) is 19.1 Å². The highest BCUT2D eigenvalue weighted by Gasteiger charge is 2.08. The summed E-state index contributed by atoms with van der Waals surface area (Å²) in [5, 5.41) is 6.77. The number of guanidine groups is 1. The van der Waals surface area contributed by atoms with Crippen molar-refractivity contribution in [3.05, 3.63) is 59.5 Å². The van der Waals surface area contributed by atoms with Crippen LogP contribution in [0, 0.1) is 0 Å². The fourth-order valence-corrected chi connectivity index (χ4v) is 2.43. The van der Waals surface area contributed by atoms with Crippen LogP contribution in [-0.4, -0.2) is 43.4 Å². The van der Waals surface area contributed by atoms with Crippen LogP contribution < -0.4 is 10.6 Å². The standard InChI is InChI=1S/C21H30N4O2.HI/c1-5-16(2)24-21(22-13-12-19-7-6-14-27-19)23-15-17-8-10-18(11-9-17)20(26)25(3)4;/h6-11,14,16H,5,12-13,15H2,1-4H3,(H2,22,23,24);1H. The molecule has 2 aromatic rings. The van der Waals surface area contributed by atoms with Crippen LogP contribution in [0.1, 0.15) is 41.9 Å². The van der Waals surface area contributed by atoms with Gasteiger partial charge in [0.05, 0.1) is 12.8 Å². The molecule has 1 heterocycles. The molecule has 0 saturated heterocycles. The van der Waals surface area contributed by atoms with E-state index in [4.69, 9.17) is 4.42 Å². The molecule has 2 rings (SSSR count). The van der Waals surface area contributed by atoms with Gasteiger partial charge in [0.15, 0.2) is 5.96 Å². The summed E-state index contributed by atoms with van der Waals surface area (Å²) in [5.41, 5.74) is 1.74. The maximum Gasteiger partial charge on any atom is 0.253 e. The van der Waals surface area contributed by atoms with Crippen molar-refractivity contribution in [2.45, 2.75) is 39.3 Å². The van der Waals surface area contributed by atoms with Gasteiger partial charge in [-0.3, -0.25) is 4.79 Å². The lowest BCUT2D eigenvalue weighted by atomic mass is 10.1. The summed E-state index contributed by atoms with van der Waals surface area (Å²) in [6, 6.07) is 11.8. The van der Waals surface area contributed by atoms with Gasteiger partial charge in [0.25, 0.3) is 5.91 Å². The van der Waals surface area contributed by atoms with Gasteiger partial charge in [0, 0.05) is 38.7 Å². The van der Waals surface area contributed by atoms with Crippen molar-refractivity contribution in [1.82, 2.24) is 15.5 Å². The molecule has 154 valence electrons. The minimum atomic E-state index is 0. The highest BCUT2D eigenvalue weighted by atomic mass is 127. The fraction of sp³-hybridized carbons (Fsp3) is 0.429. The van der Waals surface area contributed by atoms with Crippen LogP contribution in [0.3, 0.4) is 0 Å². The number of hydrogen-bond donors (Lipinski definition) is 2. The minimum Gasteiger partial charge on any atom is -0.469 e. The van der Waals surface area contributed by atoms with Gasteiger partial charge < -0.3 is 20.0 Å². The van der Waals surface area contributed by atoms with Crippen LogP contribution in [0.2, 0.25) is 0 Å². The van der Waals surface area contributed by atoms with Crippen molar-refractivity contribution in [3.8, 4) is 0 Å². The normalized spacial score (nSPS) is 12.1. The van der Waals surface area contributed by atoms with Crippen LogP contribution in [-0.2, 0) is 13.0 Å². The number of hydrogen-bond acceptors (Lipinski definition) is 3. The molecule has 0 spiro atoms. The maximum atomic E-state index is 12.0. The third-order valence-corrected chi connectivity index (χ3v) is 4.27. The summed E-state index contributed by atoms with van der Waals surface area (Å²) in [5.74, 6) is 1.74. The summed E-state index contributed by atoms with van der Waals surface area (Å²) in [6.07, 6.45) is 3.50. The molecule has 1 aromatic heterocycles. The van der Waals surface area contributed by atoms with Gasteiger partial charge in [-0.05, 0) is 43.2 Å². The maximum absolute atomic E-state index is 12.0. The van der Waals surface area contributed by atoms with Gasteiger partial charge >= 0.3 is 0 Å². The van der Waals surface area contributed by atoms with Crippen LogP contribution in [0.25, 0.3) is 0 Å². The SMILES string of the molecule is CCC(C)NC(=NCc1ccc(C(=O)N(C)C)cc1)NCCc1ccco1.I. The van der Waals surface area contributed by atoms with Crippen molar-refractivity contribution in [1.29, 1.82) is 0 Å². The molecule has 2 N–H and O–H groups in total. The Bertz CT molecular complexity index is 727. The quantitative estimate of drug-likeness (QED) is 0.331. The van der Waals surface area contributed by atoms with Gasteiger partial charge in [-0.2, -0.15) is 0 Å². The van der Waals surface area contributed by atoms with Crippen molar-refractivity contribution < 1.29 is 9.21 Å². The van der Waals surface area contributed by atoms with Crippen molar-refractivity contribution in [2.24, 2.45) is 4.99 Å². The third-order valence-electron chi connectivity index (χ3n) is 4.27. The van der Waals surface area contributed by atoms with Crippen molar-refractivity contribution in [3.63, 3.8) is 0 Å². The second kappa shape index (κ2) is 12.4. The number of nitrogens with zero attached hydrogens (tertiary/aromatic N) is 2. The zero-order valence-corrected chi connectivity index (χ0v) is 19.4. The van der Waals surface area contributed by atoms with E-state index in [2.05, 4.69) is 29.5 Å². The predicted molar refractivity (Wildman–Crippen MR) is 124 cm³/mol. The fourth-order valence-electron chi connectivity index (χ4n) is 2.43. The predicted octanol–water partition coefficient (Wildman–Crippen LogP) is 3.68. The highest BCUT2D eigenvalue weighted by molar-refractivity contribution is 14.0. The van der Waals surface area contributed by atoms with E-state index in [1.807, 2.05) is 36.4 Å². The lowest BCUT2D eigenvalue weighted by molar-refractivity contribution is 0.0827. The molecule has 1 unspecified atom stereocenters. The molecule has 0 bridgehead atoms. The van der Waals surface area contributed by atoms with E-state index < -0.39 is 0 Å².